The minimum atomic E-state index is -0.478. The van der Waals surface area contributed by atoms with E-state index in [1.165, 1.54) is 6.08 Å². The molecule has 3 N–H and O–H groups in total. The third-order valence-corrected chi connectivity index (χ3v) is 5.64. The third kappa shape index (κ3) is 5.32. The molecule has 0 bridgehead atoms. The van der Waals surface area contributed by atoms with Crippen molar-refractivity contribution in [3.8, 4) is 17.1 Å². The van der Waals surface area contributed by atoms with Gasteiger partial charge in [-0.1, -0.05) is 37.3 Å². The standard InChI is InChI=1S/C27H29N5O3/c1-4-6-24-29-17(3)25-27(34)30-26(31-32(24)25)21-16-20(11-13-22(21)35-5-2)15-19-9-7-18(8-10-19)12-14-23(28)33/h7-14,16H,4-6,15H2,1-3H3,(H2,28,33)(H,30,31,34)/b14-12+. The predicted octanol–water partition coefficient (Wildman–Crippen LogP) is 3.83. The van der Waals surface area contributed by atoms with Crippen LogP contribution in [0.4, 0.5) is 0 Å². The summed E-state index contributed by atoms with van der Waals surface area (Å²) >= 11 is 0. The molecule has 0 aliphatic heterocycles. The summed E-state index contributed by atoms with van der Waals surface area (Å²) in [6, 6.07) is 13.8. The summed E-state index contributed by atoms with van der Waals surface area (Å²) in [5.41, 5.74) is 9.84. The quantitative estimate of drug-likeness (QED) is 0.360. The molecule has 2 heterocycles. The maximum atomic E-state index is 13.0. The van der Waals surface area contributed by atoms with E-state index in [4.69, 9.17) is 15.6 Å². The van der Waals surface area contributed by atoms with Crippen LogP contribution in [0.2, 0.25) is 0 Å². The van der Waals surface area contributed by atoms with Gasteiger partial charge in [0.05, 0.1) is 17.9 Å². The zero-order valence-corrected chi connectivity index (χ0v) is 20.2. The second-order valence-corrected chi connectivity index (χ2v) is 8.34. The minimum absolute atomic E-state index is 0.227. The van der Waals surface area contributed by atoms with Gasteiger partial charge in [0.1, 0.15) is 11.6 Å². The molecule has 180 valence electrons. The molecular formula is C27H29N5O3. The van der Waals surface area contributed by atoms with Gasteiger partial charge in [0.15, 0.2) is 11.3 Å². The number of imidazole rings is 1. The van der Waals surface area contributed by atoms with Gasteiger partial charge in [-0.2, -0.15) is 0 Å². The van der Waals surface area contributed by atoms with Crippen LogP contribution >= 0.6 is 0 Å². The number of amides is 1. The van der Waals surface area contributed by atoms with Crippen LogP contribution < -0.4 is 16.0 Å². The number of primary amides is 1. The molecule has 0 fully saturated rings. The number of ether oxygens (including phenoxy) is 1. The second-order valence-electron chi connectivity index (χ2n) is 8.34. The average Bonchev–Trinajstić information content (AvgIpc) is 3.15. The highest BCUT2D eigenvalue weighted by atomic mass is 16.5. The molecule has 0 radical (unpaired) electrons. The Balaban J connectivity index is 1.72. The van der Waals surface area contributed by atoms with E-state index >= 15 is 0 Å². The summed E-state index contributed by atoms with van der Waals surface area (Å²) in [5.74, 6) is 1.38. The Labute approximate surface area is 203 Å². The summed E-state index contributed by atoms with van der Waals surface area (Å²) < 4.78 is 7.52. The fourth-order valence-corrected chi connectivity index (χ4v) is 4.06. The first-order valence-electron chi connectivity index (χ1n) is 11.7. The predicted molar refractivity (Wildman–Crippen MR) is 136 cm³/mol. The van der Waals surface area contributed by atoms with Crippen LogP contribution in [0.3, 0.4) is 0 Å². The molecule has 1 amide bonds. The number of nitrogens with two attached hydrogens (primary N) is 1. The monoisotopic (exact) mass is 471 g/mol. The van der Waals surface area contributed by atoms with Gasteiger partial charge in [-0.05, 0) is 61.6 Å². The maximum absolute atomic E-state index is 13.0. The zero-order chi connectivity index (χ0) is 24.9. The smallest absolute Gasteiger partial charge is 0.277 e. The van der Waals surface area contributed by atoms with Gasteiger partial charge in [-0.3, -0.25) is 9.59 Å². The van der Waals surface area contributed by atoms with E-state index in [0.29, 0.717) is 35.8 Å². The lowest BCUT2D eigenvalue weighted by Gasteiger charge is -2.12. The molecule has 0 saturated carbocycles. The van der Waals surface area contributed by atoms with Gasteiger partial charge in [0.25, 0.3) is 5.56 Å². The minimum Gasteiger partial charge on any atom is -0.493 e. The van der Waals surface area contributed by atoms with Gasteiger partial charge in [0.2, 0.25) is 5.91 Å². The molecule has 0 aliphatic carbocycles. The number of carbonyl (C=O) groups excluding carboxylic acids is 1. The number of hydrogen-bond acceptors (Lipinski definition) is 5. The number of nitrogens with zero attached hydrogens (tertiary/aromatic N) is 3. The van der Waals surface area contributed by atoms with E-state index in [0.717, 1.165) is 40.9 Å². The largest absolute Gasteiger partial charge is 0.493 e. The van der Waals surface area contributed by atoms with Crippen LogP contribution in [0.15, 0.2) is 53.3 Å². The Hall–Kier alpha value is -4.20. The van der Waals surface area contributed by atoms with Crippen molar-refractivity contribution in [3.05, 3.63) is 87.1 Å². The molecule has 8 nitrogen and oxygen atoms in total. The van der Waals surface area contributed by atoms with E-state index < -0.39 is 5.91 Å². The van der Waals surface area contributed by atoms with Crippen LogP contribution in [-0.4, -0.2) is 32.1 Å². The van der Waals surface area contributed by atoms with Crippen LogP contribution in [0, 0.1) is 6.92 Å². The molecule has 0 atom stereocenters. The van der Waals surface area contributed by atoms with Crippen molar-refractivity contribution in [1.29, 1.82) is 0 Å². The molecule has 4 aromatic rings. The Kier molecular flexibility index (Phi) is 7.10. The van der Waals surface area contributed by atoms with E-state index in [9.17, 15) is 9.59 Å². The highest BCUT2D eigenvalue weighted by Crippen LogP contribution is 2.29. The molecule has 0 aliphatic rings. The molecule has 0 unspecified atom stereocenters. The van der Waals surface area contributed by atoms with Crippen LogP contribution in [0.5, 0.6) is 5.75 Å². The third-order valence-electron chi connectivity index (χ3n) is 5.64. The van der Waals surface area contributed by atoms with Crippen molar-refractivity contribution in [2.45, 2.75) is 40.0 Å². The lowest BCUT2D eigenvalue weighted by Crippen LogP contribution is -2.16. The molecule has 0 saturated heterocycles. The number of carbonyl (C=O) groups is 1. The lowest BCUT2D eigenvalue weighted by atomic mass is 10.0. The number of benzene rings is 2. The number of aromatic amines is 1. The van der Waals surface area contributed by atoms with Crippen molar-refractivity contribution in [2.75, 3.05) is 6.61 Å². The summed E-state index contributed by atoms with van der Waals surface area (Å²) in [7, 11) is 0. The first-order chi connectivity index (χ1) is 16.9. The van der Waals surface area contributed by atoms with Crippen molar-refractivity contribution in [2.24, 2.45) is 5.73 Å². The number of aryl methyl sites for hydroxylation is 2. The number of hydrogen-bond donors (Lipinski definition) is 2. The van der Waals surface area contributed by atoms with Gasteiger partial charge in [-0.15, -0.1) is 5.10 Å². The Morgan fingerprint density at radius 2 is 1.89 bits per heavy atom. The van der Waals surface area contributed by atoms with Crippen molar-refractivity contribution >= 4 is 17.5 Å². The number of H-pyrrole nitrogens is 1. The number of aromatic nitrogens is 4. The van der Waals surface area contributed by atoms with Gasteiger partial charge >= 0.3 is 0 Å². The normalized spacial score (nSPS) is 11.4. The number of fused-ring (bicyclic) bond motifs is 1. The molecule has 2 aromatic carbocycles. The molecule has 35 heavy (non-hydrogen) atoms. The maximum Gasteiger partial charge on any atom is 0.277 e. The fourth-order valence-electron chi connectivity index (χ4n) is 4.06. The first kappa shape index (κ1) is 23.9. The van der Waals surface area contributed by atoms with E-state index in [1.54, 1.807) is 10.6 Å². The van der Waals surface area contributed by atoms with Crippen molar-refractivity contribution in [3.63, 3.8) is 0 Å². The van der Waals surface area contributed by atoms with Gasteiger partial charge in [0, 0.05) is 12.5 Å². The van der Waals surface area contributed by atoms with E-state index in [2.05, 4.69) is 16.9 Å². The Bertz CT molecular complexity index is 1450. The van der Waals surface area contributed by atoms with Crippen molar-refractivity contribution in [1.82, 2.24) is 19.6 Å². The van der Waals surface area contributed by atoms with E-state index in [-0.39, 0.29) is 5.56 Å². The fraction of sp³-hybridized carbons (Fsp3) is 0.259. The SMILES string of the molecule is CCCc1nc(C)c2c(=O)[nH]c(-c3cc(Cc4ccc(/C=C/C(N)=O)cc4)ccc3OCC)nn12. The summed E-state index contributed by atoms with van der Waals surface area (Å²) in [6.45, 7) is 6.31. The number of rotatable bonds is 9. The topological polar surface area (TPSA) is 115 Å². The lowest BCUT2D eigenvalue weighted by molar-refractivity contribution is -0.113. The molecule has 0 spiro atoms. The van der Waals surface area contributed by atoms with Crippen molar-refractivity contribution < 1.29 is 9.53 Å². The molecule has 4 rings (SSSR count). The second kappa shape index (κ2) is 10.4. The summed E-state index contributed by atoms with van der Waals surface area (Å²) in [5, 5.41) is 4.76. The Morgan fingerprint density at radius 3 is 2.57 bits per heavy atom. The van der Waals surface area contributed by atoms with Crippen LogP contribution in [0.1, 0.15) is 48.5 Å². The van der Waals surface area contributed by atoms with Crippen LogP contribution in [-0.2, 0) is 17.6 Å². The summed E-state index contributed by atoms with van der Waals surface area (Å²) in [4.78, 5) is 31.4. The van der Waals surface area contributed by atoms with Gasteiger partial charge in [-0.25, -0.2) is 9.50 Å². The Morgan fingerprint density at radius 1 is 1.14 bits per heavy atom. The molecular weight excluding hydrogens is 442 g/mol. The summed E-state index contributed by atoms with van der Waals surface area (Å²) in [6.07, 6.45) is 5.33. The number of nitrogens with one attached hydrogen (secondary N) is 1. The van der Waals surface area contributed by atoms with Crippen LogP contribution in [0.25, 0.3) is 23.0 Å². The molecule has 2 aromatic heterocycles. The average molecular weight is 472 g/mol. The van der Waals surface area contributed by atoms with Gasteiger partial charge < -0.3 is 15.5 Å². The van der Waals surface area contributed by atoms with E-state index in [1.807, 2.05) is 56.3 Å². The highest BCUT2D eigenvalue weighted by molar-refractivity contribution is 5.90. The zero-order valence-electron chi connectivity index (χ0n) is 20.2. The highest BCUT2D eigenvalue weighted by Gasteiger charge is 2.17. The first-order valence-corrected chi connectivity index (χ1v) is 11.7. The molecule has 8 heteroatoms.